The molecule has 90 valence electrons. The number of hydrogen-bond acceptors (Lipinski definition) is 1. The third-order valence-corrected chi connectivity index (χ3v) is 2.87. The smallest absolute Gasteiger partial charge is 0.123 e. The molecule has 1 aromatic rings. The van der Waals surface area contributed by atoms with Crippen molar-refractivity contribution in [3.8, 4) is 0 Å². The highest BCUT2D eigenvalue weighted by Gasteiger charge is 2.11. The zero-order valence-electron chi connectivity index (χ0n) is 10.1. The van der Waals surface area contributed by atoms with Crippen molar-refractivity contribution in [1.82, 2.24) is 0 Å². The van der Waals surface area contributed by atoms with Crippen LogP contribution in [-0.2, 0) is 0 Å². The number of rotatable bonds is 6. The Bertz CT molecular complexity index is 309. The lowest BCUT2D eigenvalue weighted by molar-refractivity contribution is 0.255. The molecule has 1 unspecified atom stereocenters. The van der Waals surface area contributed by atoms with E-state index in [2.05, 4.69) is 13.8 Å². The van der Waals surface area contributed by atoms with Gasteiger partial charge in [-0.1, -0.05) is 38.8 Å². The normalized spacial score (nSPS) is 13.1. The van der Waals surface area contributed by atoms with E-state index in [0.717, 1.165) is 24.8 Å². The Labute approximate surface area is 97.3 Å². The Morgan fingerprint density at radius 2 is 2.00 bits per heavy atom. The molecule has 2 heteroatoms. The summed E-state index contributed by atoms with van der Waals surface area (Å²) in [5.74, 6) is 0.543. The Balaban J connectivity index is 2.53. The molecular formula is C14H21FO. The van der Waals surface area contributed by atoms with Crippen molar-refractivity contribution < 1.29 is 9.50 Å². The summed E-state index contributed by atoms with van der Waals surface area (Å²) in [5, 5.41) is 9.31. The molecule has 0 radical (unpaired) electrons. The topological polar surface area (TPSA) is 20.2 Å². The van der Waals surface area contributed by atoms with Gasteiger partial charge in [0.1, 0.15) is 5.82 Å². The Kier molecular flexibility index (Phi) is 5.47. The molecule has 16 heavy (non-hydrogen) atoms. The van der Waals surface area contributed by atoms with Gasteiger partial charge in [-0.2, -0.15) is 0 Å². The summed E-state index contributed by atoms with van der Waals surface area (Å²) in [6.45, 7) is 4.48. The van der Waals surface area contributed by atoms with Gasteiger partial charge in [0.05, 0.1) is 0 Å². The van der Waals surface area contributed by atoms with Crippen LogP contribution in [0.4, 0.5) is 4.39 Å². The van der Waals surface area contributed by atoms with Crippen LogP contribution in [0.15, 0.2) is 24.3 Å². The lowest BCUT2D eigenvalue weighted by Gasteiger charge is -2.15. The van der Waals surface area contributed by atoms with Crippen LogP contribution in [0.5, 0.6) is 0 Å². The van der Waals surface area contributed by atoms with Crippen molar-refractivity contribution in [2.24, 2.45) is 5.92 Å². The molecule has 1 aromatic carbocycles. The first-order valence-corrected chi connectivity index (χ1v) is 5.99. The highest BCUT2D eigenvalue weighted by atomic mass is 19.1. The van der Waals surface area contributed by atoms with Gasteiger partial charge in [0.25, 0.3) is 0 Å². The second kappa shape index (κ2) is 6.64. The molecule has 1 atom stereocenters. The van der Waals surface area contributed by atoms with Gasteiger partial charge in [-0.25, -0.2) is 4.39 Å². The summed E-state index contributed by atoms with van der Waals surface area (Å²) in [7, 11) is 0. The number of aliphatic hydroxyl groups excluding tert-OH is 1. The second-order valence-electron chi connectivity index (χ2n) is 4.76. The molecule has 0 saturated heterocycles. The molecular weight excluding hydrogens is 203 g/mol. The molecule has 0 heterocycles. The van der Waals surface area contributed by atoms with Crippen molar-refractivity contribution in [3.05, 3.63) is 35.6 Å². The van der Waals surface area contributed by atoms with E-state index in [4.69, 9.17) is 0 Å². The van der Waals surface area contributed by atoms with Gasteiger partial charge in [-0.05, 0) is 30.0 Å². The van der Waals surface area contributed by atoms with E-state index >= 15 is 0 Å². The first kappa shape index (κ1) is 13.2. The fourth-order valence-electron chi connectivity index (χ4n) is 1.90. The SMILES string of the molecule is CC(C)CCCC(CO)c1cccc(F)c1. The number of benzene rings is 1. The summed E-state index contributed by atoms with van der Waals surface area (Å²) >= 11 is 0. The van der Waals surface area contributed by atoms with Crippen LogP contribution in [0.1, 0.15) is 44.6 Å². The summed E-state index contributed by atoms with van der Waals surface area (Å²) in [4.78, 5) is 0. The lowest BCUT2D eigenvalue weighted by Crippen LogP contribution is -2.05. The van der Waals surface area contributed by atoms with Crippen LogP contribution in [-0.4, -0.2) is 11.7 Å². The van der Waals surface area contributed by atoms with Crippen LogP contribution >= 0.6 is 0 Å². The predicted octanol–water partition coefficient (Wildman–Crippen LogP) is 3.73. The van der Waals surface area contributed by atoms with Crippen molar-refractivity contribution in [2.75, 3.05) is 6.61 Å². The average Bonchev–Trinajstić information content (AvgIpc) is 2.24. The Morgan fingerprint density at radius 3 is 2.56 bits per heavy atom. The number of aliphatic hydroxyl groups is 1. The molecule has 1 nitrogen and oxygen atoms in total. The number of hydrogen-bond donors (Lipinski definition) is 1. The van der Waals surface area contributed by atoms with Crippen molar-refractivity contribution in [2.45, 2.75) is 39.0 Å². The lowest BCUT2D eigenvalue weighted by atomic mass is 9.92. The molecule has 0 fully saturated rings. The molecule has 0 amide bonds. The standard InChI is InChI=1S/C14H21FO/c1-11(2)5-3-7-13(10-16)12-6-4-8-14(15)9-12/h4,6,8-9,11,13,16H,3,5,7,10H2,1-2H3. The first-order valence-electron chi connectivity index (χ1n) is 5.99. The summed E-state index contributed by atoms with van der Waals surface area (Å²) in [6.07, 6.45) is 3.17. The van der Waals surface area contributed by atoms with Crippen LogP contribution in [0.3, 0.4) is 0 Å². The zero-order valence-corrected chi connectivity index (χ0v) is 10.1. The van der Waals surface area contributed by atoms with E-state index in [0.29, 0.717) is 5.92 Å². The fourth-order valence-corrected chi connectivity index (χ4v) is 1.90. The summed E-state index contributed by atoms with van der Waals surface area (Å²) < 4.78 is 13.0. The minimum absolute atomic E-state index is 0.0782. The van der Waals surface area contributed by atoms with Gasteiger partial charge < -0.3 is 5.11 Å². The van der Waals surface area contributed by atoms with E-state index in [-0.39, 0.29) is 18.3 Å². The van der Waals surface area contributed by atoms with Crippen molar-refractivity contribution >= 4 is 0 Å². The van der Waals surface area contributed by atoms with E-state index in [9.17, 15) is 9.50 Å². The molecule has 0 aliphatic heterocycles. The van der Waals surface area contributed by atoms with E-state index in [1.54, 1.807) is 6.07 Å². The second-order valence-corrected chi connectivity index (χ2v) is 4.76. The van der Waals surface area contributed by atoms with E-state index in [1.807, 2.05) is 6.07 Å². The molecule has 0 aliphatic rings. The maximum absolute atomic E-state index is 13.0. The molecule has 1 rings (SSSR count). The molecule has 0 spiro atoms. The largest absolute Gasteiger partial charge is 0.396 e. The minimum Gasteiger partial charge on any atom is -0.396 e. The van der Waals surface area contributed by atoms with Crippen LogP contribution < -0.4 is 0 Å². The monoisotopic (exact) mass is 224 g/mol. The predicted molar refractivity (Wildman–Crippen MR) is 64.9 cm³/mol. The summed E-state index contributed by atoms with van der Waals surface area (Å²) in [5.41, 5.74) is 0.909. The molecule has 0 aromatic heterocycles. The first-order chi connectivity index (χ1) is 7.63. The van der Waals surface area contributed by atoms with Gasteiger partial charge in [0.2, 0.25) is 0 Å². The average molecular weight is 224 g/mol. The fraction of sp³-hybridized carbons (Fsp3) is 0.571. The maximum Gasteiger partial charge on any atom is 0.123 e. The third-order valence-electron chi connectivity index (χ3n) is 2.87. The third kappa shape index (κ3) is 4.31. The van der Waals surface area contributed by atoms with Crippen molar-refractivity contribution in [1.29, 1.82) is 0 Å². The molecule has 0 saturated carbocycles. The van der Waals surface area contributed by atoms with Gasteiger partial charge in [0, 0.05) is 12.5 Å². The Morgan fingerprint density at radius 1 is 1.25 bits per heavy atom. The van der Waals surface area contributed by atoms with Gasteiger partial charge in [-0.3, -0.25) is 0 Å². The number of halogens is 1. The van der Waals surface area contributed by atoms with Gasteiger partial charge >= 0.3 is 0 Å². The van der Waals surface area contributed by atoms with Crippen LogP contribution in [0, 0.1) is 11.7 Å². The highest BCUT2D eigenvalue weighted by molar-refractivity contribution is 5.20. The zero-order chi connectivity index (χ0) is 12.0. The van der Waals surface area contributed by atoms with E-state index < -0.39 is 0 Å². The van der Waals surface area contributed by atoms with Gasteiger partial charge in [0.15, 0.2) is 0 Å². The quantitative estimate of drug-likeness (QED) is 0.780. The van der Waals surface area contributed by atoms with E-state index in [1.165, 1.54) is 12.1 Å². The molecule has 0 aliphatic carbocycles. The van der Waals surface area contributed by atoms with Crippen molar-refractivity contribution in [3.63, 3.8) is 0 Å². The molecule has 1 N–H and O–H groups in total. The van der Waals surface area contributed by atoms with Crippen LogP contribution in [0.2, 0.25) is 0 Å². The Hall–Kier alpha value is -0.890. The molecule has 0 bridgehead atoms. The van der Waals surface area contributed by atoms with Crippen LogP contribution in [0.25, 0.3) is 0 Å². The maximum atomic E-state index is 13.0. The minimum atomic E-state index is -0.222. The van der Waals surface area contributed by atoms with Gasteiger partial charge in [-0.15, -0.1) is 0 Å². The highest BCUT2D eigenvalue weighted by Crippen LogP contribution is 2.23. The summed E-state index contributed by atoms with van der Waals surface area (Å²) in [6, 6.07) is 6.55.